The Morgan fingerprint density at radius 1 is 1.12 bits per heavy atom. The van der Waals surface area contributed by atoms with Crippen molar-refractivity contribution in [2.24, 2.45) is 11.8 Å². The lowest BCUT2D eigenvalue weighted by Gasteiger charge is -2.24. The molecule has 52 heavy (non-hydrogen) atoms. The summed E-state index contributed by atoms with van der Waals surface area (Å²) >= 11 is 0. The summed E-state index contributed by atoms with van der Waals surface area (Å²) in [5.74, 6) is -3.94. The number of aromatic nitrogens is 3. The number of aliphatic hydroxyl groups is 1. The fraction of sp³-hybridized carbons (Fsp3) is 0.306. The molecule has 0 unspecified atom stereocenters. The van der Waals surface area contributed by atoms with E-state index in [-0.39, 0.29) is 46.3 Å². The van der Waals surface area contributed by atoms with E-state index < -0.39 is 82.2 Å². The van der Waals surface area contributed by atoms with Crippen molar-refractivity contribution in [2.45, 2.75) is 50.4 Å². The summed E-state index contributed by atoms with van der Waals surface area (Å²) in [7, 11) is 0. The highest BCUT2D eigenvalue weighted by atomic mass is 19.4. The molecule has 6 rings (SSSR count). The van der Waals surface area contributed by atoms with Crippen molar-refractivity contribution >= 4 is 22.5 Å². The Kier molecular flexibility index (Phi) is 9.20. The molecule has 9 nitrogen and oxygen atoms in total. The first-order valence-corrected chi connectivity index (χ1v) is 15.8. The molecule has 16 heteroatoms. The Labute approximate surface area is 290 Å². The van der Waals surface area contributed by atoms with E-state index in [1.165, 1.54) is 32.3 Å². The number of nitrogens with one attached hydrogen (secondary N) is 4. The lowest BCUT2D eigenvalue weighted by Crippen LogP contribution is -2.41. The van der Waals surface area contributed by atoms with E-state index in [2.05, 4.69) is 37.4 Å². The van der Waals surface area contributed by atoms with Crippen molar-refractivity contribution in [3.8, 4) is 23.0 Å². The summed E-state index contributed by atoms with van der Waals surface area (Å²) in [4.78, 5) is 37.5. The van der Waals surface area contributed by atoms with E-state index in [1.54, 1.807) is 18.2 Å². The van der Waals surface area contributed by atoms with Crippen LogP contribution in [0.25, 0.3) is 22.0 Å². The number of carbonyl (C=O) groups excluding carboxylic acids is 1. The standard InChI is InChI=1S/C36H29F7N6O3/c1-34(2,52)9-8-20-6-7-22(21-4-3-5-23-29(21)46-16-47-33(23)51)30(48-20)26(12-17-10-18(37)13-19(38)11-17)49-27(50)15-45-32-28(31(44)36(41,42)43)24-14-25(24)35(32,39)40/h3-7,10-11,13,16,24-26,44-45,52H,12,14-15H2,1-2H3,(H,49,50)(H,46,47,51)/t24-,25+,26-/m0/s1. The molecule has 1 amide bonds. The Morgan fingerprint density at radius 2 is 1.83 bits per heavy atom. The second kappa shape index (κ2) is 13.2. The number of fused-ring (bicyclic) bond motifs is 2. The summed E-state index contributed by atoms with van der Waals surface area (Å²) in [5, 5.41) is 22.7. The molecule has 0 aliphatic heterocycles. The minimum Gasteiger partial charge on any atom is -0.378 e. The molecule has 0 radical (unpaired) electrons. The van der Waals surface area contributed by atoms with Crippen molar-refractivity contribution in [3.63, 3.8) is 0 Å². The number of nitrogens with zero attached hydrogens (tertiary/aromatic N) is 2. The van der Waals surface area contributed by atoms with Crippen LogP contribution in [0.3, 0.4) is 0 Å². The SMILES string of the molecule is CC(C)(O)C#Cc1ccc(-c2cccc3c(=O)[nH]cnc23)c([C@H](Cc2cc(F)cc(F)c2)NC(=O)CNC2=C(C(=N)C(F)(F)F)[C@H]3C[C@H]3C2(F)F)n1. The average Bonchev–Trinajstić information content (AvgIpc) is 3.82. The lowest BCUT2D eigenvalue weighted by atomic mass is 9.93. The number of carbonyl (C=O) groups is 1. The zero-order valence-corrected chi connectivity index (χ0v) is 27.4. The van der Waals surface area contributed by atoms with Crippen LogP contribution >= 0.6 is 0 Å². The van der Waals surface area contributed by atoms with E-state index in [0.29, 0.717) is 11.6 Å². The minimum atomic E-state index is -5.20. The summed E-state index contributed by atoms with van der Waals surface area (Å²) in [5.41, 5.74) is -4.90. The number of halogens is 7. The fourth-order valence-electron chi connectivity index (χ4n) is 6.31. The highest BCUT2D eigenvalue weighted by Crippen LogP contribution is 2.63. The average molecular weight is 727 g/mol. The molecular formula is C36H29F7N6O3. The number of pyridine rings is 1. The molecule has 270 valence electrons. The van der Waals surface area contributed by atoms with Crippen LogP contribution in [-0.2, 0) is 11.2 Å². The van der Waals surface area contributed by atoms with E-state index in [9.17, 15) is 36.6 Å². The van der Waals surface area contributed by atoms with Crippen molar-refractivity contribution in [1.82, 2.24) is 25.6 Å². The largest absolute Gasteiger partial charge is 0.433 e. The fourth-order valence-corrected chi connectivity index (χ4v) is 6.31. The maximum atomic E-state index is 15.1. The second-order valence-electron chi connectivity index (χ2n) is 13.1. The highest BCUT2D eigenvalue weighted by molar-refractivity contribution is 6.04. The van der Waals surface area contributed by atoms with Crippen molar-refractivity contribution < 1.29 is 40.6 Å². The van der Waals surface area contributed by atoms with Crippen molar-refractivity contribution in [2.75, 3.05) is 6.54 Å². The van der Waals surface area contributed by atoms with Gasteiger partial charge in [-0.1, -0.05) is 18.1 Å². The minimum absolute atomic E-state index is 0.0290. The number of alkyl halides is 5. The van der Waals surface area contributed by atoms with Crippen LogP contribution in [0.15, 0.2) is 70.9 Å². The smallest absolute Gasteiger partial charge is 0.378 e. The van der Waals surface area contributed by atoms with Crippen molar-refractivity contribution in [3.05, 3.63) is 105 Å². The van der Waals surface area contributed by atoms with Crippen LogP contribution in [0.4, 0.5) is 30.7 Å². The third-order valence-corrected chi connectivity index (χ3v) is 8.62. The molecule has 2 aromatic carbocycles. The summed E-state index contributed by atoms with van der Waals surface area (Å²) in [6, 6.07) is 9.06. The predicted octanol–water partition coefficient (Wildman–Crippen LogP) is 5.50. The van der Waals surface area contributed by atoms with E-state index in [4.69, 9.17) is 5.41 Å². The summed E-state index contributed by atoms with van der Waals surface area (Å²) in [6.45, 7) is 1.89. The van der Waals surface area contributed by atoms with Crippen LogP contribution in [0, 0.1) is 40.7 Å². The zero-order valence-electron chi connectivity index (χ0n) is 27.4. The molecule has 0 spiro atoms. The number of hydrogen-bond acceptors (Lipinski definition) is 7. The Bertz CT molecular complexity index is 2250. The number of amides is 1. The third kappa shape index (κ3) is 7.40. The number of allylic oxidation sites excluding steroid dienone is 2. The number of hydrogen-bond donors (Lipinski definition) is 5. The van der Waals surface area contributed by atoms with E-state index >= 15 is 8.78 Å². The van der Waals surface area contributed by atoms with E-state index in [0.717, 1.165) is 12.1 Å². The predicted molar refractivity (Wildman–Crippen MR) is 175 cm³/mol. The Balaban J connectivity index is 1.44. The van der Waals surface area contributed by atoms with Crippen LogP contribution in [-0.4, -0.2) is 55.9 Å². The van der Waals surface area contributed by atoms with E-state index in [1.807, 2.05) is 0 Å². The first-order chi connectivity index (χ1) is 24.3. The Hall–Kier alpha value is -5.56. The normalized spacial score (nSPS) is 18.3. The first kappa shape index (κ1) is 36.2. The van der Waals surface area contributed by atoms with Gasteiger partial charge in [0.25, 0.3) is 11.5 Å². The molecule has 0 bridgehead atoms. The molecule has 0 saturated heterocycles. The molecule has 2 aliphatic carbocycles. The quantitative estimate of drug-likeness (QED) is 0.0877. The number of para-hydroxylation sites is 1. The molecular weight excluding hydrogens is 697 g/mol. The number of rotatable bonds is 9. The molecule has 2 aliphatic rings. The van der Waals surface area contributed by atoms with Crippen LogP contribution < -0.4 is 16.2 Å². The molecule has 4 aromatic rings. The van der Waals surface area contributed by atoms with Gasteiger partial charge >= 0.3 is 6.18 Å². The van der Waals surface area contributed by atoms with Crippen LogP contribution in [0.1, 0.15) is 43.3 Å². The van der Waals surface area contributed by atoms with Crippen LogP contribution in [0.5, 0.6) is 0 Å². The summed E-state index contributed by atoms with van der Waals surface area (Å²) in [6.07, 6.45) is -4.60. The maximum absolute atomic E-state index is 15.1. The number of aromatic amines is 1. The van der Waals surface area contributed by atoms with Gasteiger partial charge in [0.2, 0.25) is 5.91 Å². The van der Waals surface area contributed by atoms with Crippen LogP contribution in [0.2, 0.25) is 0 Å². The van der Waals surface area contributed by atoms with Gasteiger partial charge in [0, 0.05) is 28.7 Å². The van der Waals surface area contributed by atoms with Gasteiger partial charge in [-0.15, -0.1) is 0 Å². The monoisotopic (exact) mass is 726 g/mol. The molecule has 1 saturated carbocycles. The number of benzene rings is 2. The van der Waals surface area contributed by atoms with Gasteiger partial charge in [-0.25, -0.2) is 18.7 Å². The van der Waals surface area contributed by atoms with Gasteiger partial charge in [0.1, 0.15) is 28.6 Å². The van der Waals surface area contributed by atoms with Crippen molar-refractivity contribution in [1.29, 1.82) is 5.41 Å². The molecule has 3 atom stereocenters. The maximum Gasteiger partial charge on any atom is 0.433 e. The van der Waals surface area contributed by atoms with Gasteiger partial charge in [-0.05, 0) is 74.4 Å². The topological polar surface area (TPSA) is 144 Å². The zero-order chi connectivity index (χ0) is 37.7. The summed E-state index contributed by atoms with van der Waals surface area (Å²) < 4.78 is 99.4. The second-order valence-corrected chi connectivity index (χ2v) is 13.1. The first-order valence-electron chi connectivity index (χ1n) is 15.8. The molecule has 2 aromatic heterocycles. The van der Waals surface area contributed by atoms with Gasteiger partial charge in [-0.2, -0.15) is 22.0 Å². The molecule has 1 fully saturated rings. The molecule has 2 heterocycles. The lowest BCUT2D eigenvalue weighted by molar-refractivity contribution is -0.121. The van der Waals surface area contributed by atoms with Gasteiger partial charge < -0.3 is 20.7 Å². The van der Waals surface area contributed by atoms with Gasteiger partial charge in [0.15, 0.2) is 0 Å². The van der Waals surface area contributed by atoms with Gasteiger partial charge in [-0.3, -0.25) is 15.0 Å². The third-order valence-electron chi connectivity index (χ3n) is 8.62. The highest BCUT2D eigenvalue weighted by Gasteiger charge is 2.67. The molecule has 5 N–H and O–H groups in total. The number of H-pyrrole nitrogens is 1. The van der Waals surface area contributed by atoms with Gasteiger partial charge in [0.05, 0.1) is 41.2 Å². The Morgan fingerprint density at radius 3 is 2.50 bits per heavy atom.